The van der Waals surface area contributed by atoms with Crippen molar-refractivity contribution < 1.29 is 4.52 Å². The molecule has 8 heteroatoms. The van der Waals surface area contributed by atoms with Crippen molar-refractivity contribution in [1.82, 2.24) is 30.6 Å². The maximum atomic E-state index is 5.31. The van der Waals surface area contributed by atoms with Crippen molar-refractivity contribution in [3.8, 4) is 11.4 Å². The number of hydrogen-bond acceptors (Lipinski definition) is 8. The summed E-state index contributed by atoms with van der Waals surface area (Å²) in [7, 11) is 0. The lowest BCUT2D eigenvalue weighted by molar-refractivity contribution is 0.365. The van der Waals surface area contributed by atoms with Crippen molar-refractivity contribution in [3.05, 3.63) is 48.7 Å². The van der Waals surface area contributed by atoms with E-state index < -0.39 is 0 Å². The van der Waals surface area contributed by atoms with Crippen molar-refractivity contribution in [1.29, 1.82) is 0 Å². The minimum atomic E-state index is 0.400. The van der Waals surface area contributed by atoms with Crippen LogP contribution < -0.4 is 10.2 Å². The molecule has 0 aliphatic carbocycles. The summed E-state index contributed by atoms with van der Waals surface area (Å²) in [4.78, 5) is 10.8. The highest BCUT2D eigenvalue weighted by molar-refractivity contribution is 5.51. The molecule has 4 rings (SSSR count). The molecule has 0 spiro atoms. The SMILES string of the molecule is c1cncc(-c2noc(CNC[C@@H]3CCCN3c3cccnn3)n2)c1. The second-order valence-electron chi connectivity index (χ2n) is 5.96. The first-order chi connectivity index (χ1) is 12.4. The summed E-state index contributed by atoms with van der Waals surface area (Å²) in [6.07, 6.45) is 7.43. The molecular weight excluding hydrogens is 318 g/mol. The van der Waals surface area contributed by atoms with Crippen molar-refractivity contribution in [2.75, 3.05) is 18.0 Å². The summed E-state index contributed by atoms with van der Waals surface area (Å²) in [5.74, 6) is 2.07. The summed E-state index contributed by atoms with van der Waals surface area (Å²) < 4.78 is 5.31. The molecule has 0 amide bonds. The molecule has 25 heavy (non-hydrogen) atoms. The van der Waals surface area contributed by atoms with Gasteiger partial charge in [0.25, 0.3) is 0 Å². The normalized spacial score (nSPS) is 17.1. The highest BCUT2D eigenvalue weighted by Gasteiger charge is 2.25. The molecule has 0 bridgehead atoms. The Morgan fingerprint density at radius 3 is 3.04 bits per heavy atom. The average Bonchev–Trinajstić information content (AvgIpc) is 3.33. The topological polar surface area (TPSA) is 92.9 Å². The third-order valence-electron chi connectivity index (χ3n) is 4.27. The van der Waals surface area contributed by atoms with Crippen LogP contribution in [-0.2, 0) is 6.54 Å². The lowest BCUT2D eigenvalue weighted by atomic mass is 10.2. The first-order valence-electron chi connectivity index (χ1n) is 8.38. The van der Waals surface area contributed by atoms with Gasteiger partial charge in [0.15, 0.2) is 5.82 Å². The fourth-order valence-electron chi connectivity index (χ4n) is 3.08. The van der Waals surface area contributed by atoms with Crippen molar-refractivity contribution in [3.63, 3.8) is 0 Å². The van der Waals surface area contributed by atoms with E-state index in [1.807, 2.05) is 24.3 Å². The Morgan fingerprint density at radius 2 is 2.20 bits per heavy atom. The first kappa shape index (κ1) is 15.6. The maximum absolute atomic E-state index is 5.31. The van der Waals surface area contributed by atoms with Gasteiger partial charge in [-0.2, -0.15) is 10.1 Å². The predicted molar refractivity (Wildman–Crippen MR) is 91.6 cm³/mol. The first-order valence-corrected chi connectivity index (χ1v) is 8.38. The Balaban J connectivity index is 1.33. The van der Waals surface area contributed by atoms with Crippen molar-refractivity contribution >= 4 is 5.82 Å². The van der Waals surface area contributed by atoms with E-state index in [1.54, 1.807) is 18.6 Å². The van der Waals surface area contributed by atoms with Crippen LogP contribution >= 0.6 is 0 Å². The molecule has 8 nitrogen and oxygen atoms in total. The minimum Gasteiger partial charge on any atom is -0.351 e. The van der Waals surface area contributed by atoms with Gasteiger partial charge >= 0.3 is 0 Å². The van der Waals surface area contributed by atoms with E-state index >= 15 is 0 Å². The summed E-state index contributed by atoms with van der Waals surface area (Å²) in [6.45, 7) is 2.38. The zero-order chi connectivity index (χ0) is 16.9. The van der Waals surface area contributed by atoms with Crippen LogP contribution in [0, 0.1) is 0 Å². The molecule has 1 fully saturated rings. The fourth-order valence-corrected chi connectivity index (χ4v) is 3.08. The van der Waals surface area contributed by atoms with Crippen LogP contribution in [0.4, 0.5) is 5.82 Å². The van der Waals surface area contributed by atoms with Gasteiger partial charge in [0.1, 0.15) is 0 Å². The van der Waals surface area contributed by atoms with Crippen LogP contribution in [0.2, 0.25) is 0 Å². The number of hydrogen-bond donors (Lipinski definition) is 1. The largest absolute Gasteiger partial charge is 0.351 e. The van der Waals surface area contributed by atoms with Crippen LogP contribution in [0.25, 0.3) is 11.4 Å². The van der Waals surface area contributed by atoms with Gasteiger partial charge in [-0.05, 0) is 37.1 Å². The molecule has 0 unspecified atom stereocenters. The lowest BCUT2D eigenvalue weighted by Gasteiger charge is -2.25. The van der Waals surface area contributed by atoms with Gasteiger partial charge in [0, 0.05) is 43.3 Å². The molecule has 128 valence electrons. The second kappa shape index (κ2) is 7.35. The smallest absolute Gasteiger partial charge is 0.240 e. The quantitative estimate of drug-likeness (QED) is 0.726. The van der Waals surface area contributed by atoms with Gasteiger partial charge in [-0.1, -0.05) is 5.16 Å². The Labute approximate surface area is 145 Å². The van der Waals surface area contributed by atoms with Crippen LogP contribution in [0.3, 0.4) is 0 Å². The number of aromatic nitrogens is 5. The van der Waals surface area contributed by atoms with Gasteiger partial charge in [0.05, 0.1) is 6.54 Å². The summed E-state index contributed by atoms with van der Waals surface area (Å²) >= 11 is 0. The third kappa shape index (κ3) is 3.63. The van der Waals surface area contributed by atoms with E-state index in [9.17, 15) is 0 Å². The number of rotatable bonds is 6. The standard InChI is InChI=1S/C17H19N7O/c1-4-13(10-18-7-1)17-21-16(25-23-17)12-19-11-14-5-3-9-24(14)15-6-2-8-20-22-15/h1-2,4,6-8,10,14,19H,3,5,9,11-12H2/t14-/m0/s1. The Morgan fingerprint density at radius 1 is 1.24 bits per heavy atom. The van der Waals surface area contributed by atoms with E-state index in [0.717, 1.165) is 37.3 Å². The molecule has 1 atom stereocenters. The number of nitrogens with one attached hydrogen (secondary N) is 1. The molecular formula is C17H19N7O. The highest BCUT2D eigenvalue weighted by atomic mass is 16.5. The predicted octanol–water partition coefficient (Wildman–Crippen LogP) is 1.68. The van der Waals surface area contributed by atoms with Crippen LogP contribution in [-0.4, -0.2) is 44.5 Å². The molecule has 4 heterocycles. The van der Waals surface area contributed by atoms with Crippen LogP contribution in [0.1, 0.15) is 18.7 Å². The molecule has 3 aromatic heterocycles. The van der Waals surface area contributed by atoms with E-state index in [-0.39, 0.29) is 0 Å². The Kier molecular flexibility index (Phi) is 4.60. The second-order valence-corrected chi connectivity index (χ2v) is 5.96. The zero-order valence-electron chi connectivity index (χ0n) is 13.7. The minimum absolute atomic E-state index is 0.400. The maximum Gasteiger partial charge on any atom is 0.240 e. The monoisotopic (exact) mass is 337 g/mol. The van der Waals surface area contributed by atoms with E-state index in [2.05, 4.69) is 35.5 Å². The van der Waals surface area contributed by atoms with Gasteiger partial charge in [0.2, 0.25) is 11.7 Å². The van der Waals surface area contributed by atoms with Crippen LogP contribution in [0.15, 0.2) is 47.4 Å². The molecule has 1 aliphatic rings. The molecule has 0 saturated carbocycles. The Bertz CT molecular complexity index is 793. The number of pyridine rings is 1. The lowest BCUT2D eigenvalue weighted by Crippen LogP contribution is -2.38. The summed E-state index contributed by atoms with van der Waals surface area (Å²) in [5.41, 5.74) is 0.849. The van der Waals surface area contributed by atoms with Crippen LogP contribution in [0.5, 0.6) is 0 Å². The molecule has 3 aromatic rings. The molecule has 0 aromatic carbocycles. The zero-order valence-corrected chi connectivity index (χ0v) is 13.7. The van der Waals surface area contributed by atoms with E-state index in [4.69, 9.17) is 4.52 Å². The molecule has 1 aliphatic heterocycles. The number of anilines is 1. The van der Waals surface area contributed by atoms with Crippen molar-refractivity contribution in [2.24, 2.45) is 0 Å². The molecule has 1 saturated heterocycles. The van der Waals surface area contributed by atoms with Gasteiger partial charge in [-0.25, -0.2) is 0 Å². The van der Waals surface area contributed by atoms with Gasteiger partial charge in [-0.3, -0.25) is 4.98 Å². The van der Waals surface area contributed by atoms with E-state index in [0.29, 0.717) is 24.3 Å². The van der Waals surface area contributed by atoms with Gasteiger partial charge in [-0.15, -0.1) is 5.10 Å². The van der Waals surface area contributed by atoms with E-state index in [1.165, 1.54) is 0 Å². The number of nitrogens with zero attached hydrogens (tertiary/aromatic N) is 6. The highest BCUT2D eigenvalue weighted by Crippen LogP contribution is 2.22. The average molecular weight is 337 g/mol. The Hall–Kier alpha value is -2.87. The molecule has 0 radical (unpaired) electrons. The fraction of sp³-hybridized carbons (Fsp3) is 0.353. The van der Waals surface area contributed by atoms with Crippen molar-refractivity contribution in [2.45, 2.75) is 25.4 Å². The summed E-state index contributed by atoms with van der Waals surface area (Å²) in [5, 5.41) is 15.6. The van der Waals surface area contributed by atoms with Gasteiger partial charge < -0.3 is 14.7 Å². The third-order valence-corrected chi connectivity index (χ3v) is 4.27. The molecule has 1 N–H and O–H groups in total. The summed E-state index contributed by atoms with van der Waals surface area (Å²) in [6, 6.07) is 8.09.